The Morgan fingerprint density at radius 1 is 0.543 bits per heavy atom. The van der Waals surface area contributed by atoms with Gasteiger partial charge in [-0.15, -0.1) is 0 Å². The van der Waals surface area contributed by atoms with Crippen LogP contribution in [0.15, 0.2) is 133 Å². The minimum Gasteiger partial charge on any atom is -0.459 e. The summed E-state index contributed by atoms with van der Waals surface area (Å²) in [6, 6.07) is 43.5. The van der Waals surface area contributed by atoms with Gasteiger partial charge in [0.15, 0.2) is 5.66 Å². The maximum Gasteiger partial charge on any atom is 0.344 e. The van der Waals surface area contributed by atoms with E-state index in [1.807, 2.05) is 27.7 Å². The highest BCUT2D eigenvalue weighted by molar-refractivity contribution is 7.55. The number of benzene rings is 4. The van der Waals surface area contributed by atoms with Crippen LogP contribution < -0.4 is 20.7 Å². The molecule has 2 fully saturated rings. The third-order valence-corrected chi connectivity index (χ3v) is 28.0. The maximum atomic E-state index is 12.6. The number of allylic oxidation sites excluding steroid dienone is 1. The number of hydrogen-bond donors (Lipinski definition) is 0. The Balaban J connectivity index is 0.000000277. The summed E-state index contributed by atoms with van der Waals surface area (Å²) >= 11 is 0. The predicted octanol–water partition coefficient (Wildman–Crippen LogP) is 15.3. The molecule has 4 aromatic rings. The molecular formula is C68H103O10PSi2. The Bertz CT molecular complexity index is 2480. The molecule has 0 heterocycles. The van der Waals surface area contributed by atoms with Crippen molar-refractivity contribution in [2.45, 2.75) is 227 Å². The van der Waals surface area contributed by atoms with Crippen molar-refractivity contribution in [2.24, 2.45) is 11.8 Å². The predicted molar refractivity (Wildman–Crippen MR) is 339 cm³/mol. The van der Waals surface area contributed by atoms with E-state index >= 15 is 0 Å². The molecule has 0 N–H and O–H groups in total. The number of carbonyl (C=O) groups is 3. The molecule has 0 saturated heterocycles. The van der Waals surface area contributed by atoms with Crippen LogP contribution in [0.3, 0.4) is 0 Å². The fourth-order valence-corrected chi connectivity index (χ4v) is 23.0. The lowest BCUT2D eigenvalue weighted by atomic mass is 9.84. The van der Waals surface area contributed by atoms with Crippen molar-refractivity contribution >= 4 is 63.2 Å². The Morgan fingerprint density at radius 3 is 1.20 bits per heavy atom. The van der Waals surface area contributed by atoms with Gasteiger partial charge in [-0.3, -0.25) is 9.36 Å². The molecule has 81 heavy (non-hydrogen) atoms. The summed E-state index contributed by atoms with van der Waals surface area (Å²) < 4.78 is 48.4. The average molecular weight is 1170 g/mol. The molecule has 13 heteroatoms. The molecule has 6 rings (SSSR count). The molecule has 2 aliphatic rings. The molecule has 4 aromatic carbocycles. The van der Waals surface area contributed by atoms with Gasteiger partial charge in [-0.05, 0) is 156 Å². The van der Waals surface area contributed by atoms with Crippen molar-refractivity contribution in [2.75, 3.05) is 13.2 Å². The molecule has 0 bridgehead atoms. The number of carbonyl (C=O) groups excluding carboxylic acids is 3. The monoisotopic (exact) mass is 1170 g/mol. The van der Waals surface area contributed by atoms with Crippen molar-refractivity contribution in [1.29, 1.82) is 0 Å². The summed E-state index contributed by atoms with van der Waals surface area (Å²) in [5.74, 6) is 0.279. The summed E-state index contributed by atoms with van der Waals surface area (Å²) in [6.45, 7) is 32.8. The number of rotatable bonds is 21. The lowest BCUT2D eigenvalue weighted by molar-refractivity contribution is -0.155. The molecule has 0 spiro atoms. The normalized spacial score (nSPS) is 18.9. The van der Waals surface area contributed by atoms with Gasteiger partial charge in [0, 0.05) is 24.2 Å². The zero-order valence-electron chi connectivity index (χ0n) is 52.5. The quantitative estimate of drug-likeness (QED) is 0.0262. The summed E-state index contributed by atoms with van der Waals surface area (Å²) in [5.41, 5.74) is -1.16. The summed E-state index contributed by atoms with van der Waals surface area (Å²) in [6.07, 6.45) is 15.2. The molecule has 2 saturated carbocycles. The smallest absolute Gasteiger partial charge is 0.344 e. The fourth-order valence-electron chi connectivity index (χ4n) is 11.6. The van der Waals surface area contributed by atoms with Crippen molar-refractivity contribution in [3.05, 3.63) is 133 Å². The molecule has 0 amide bonds. The first-order valence-electron chi connectivity index (χ1n) is 30.2. The van der Waals surface area contributed by atoms with Gasteiger partial charge in [0.25, 0.3) is 16.6 Å². The molecule has 5 unspecified atom stereocenters. The van der Waals surface area contributed by atoms with Crippen LogP contribution in [0.5, 0.6) is 0 Å². The van der Waals surface area contributed by atoms with Gasteiger partial charge in [-0.2, -0.15) is 0 Å². The van der Waals surface area contributed by atoms with Gasteiger partial charge >= 0.3 is 19.5 Å². The molecule has 2 aliphatic carbocycles. The van der Waals surface area contributed by atoms with Gasteiger partial charge in [-0.25, -0.2) is 4.79 Å². The van der Waals surface area contributed by atoms with Gasteiger partial charge in [0.1, 0.15) is 17.5 Å². The van der Waals surface area contributed by atoms with E-state index in [0.717, 1.165) is 63.2 Å². The topological polar surface area (TPSA) is 124 Å². The van der Waals surface area contributed by atoms with Crippen LogP contribution >= 0.6 is 7.60 Å². The van der Waals surface area contributed by atoms with Crippen LogP contribution in [0.25, 0.3) is 0 Å². The van der Waals surface area contributed by atoms with Gasteiger partial charge < -0.3 is 32.2 Å². The maximum absolute atomic E-state index is 12.6. The van der Waals surface area contributed by atoms with Gasteiger partial charge in [-0.1, -0.05) is 196 Å². The lowest BCUT2D eigenvalue weighted by Crippen LogP contribution is -2.67. The lowest BCUT2D eigenvalue weighted by Gasteiger charge is -2.46. The van der Waals surface area contributed by atoms with Gasteiger partial charge in [0.2, 0.25) is 0 Å². The third kappa shape index (κ3) is 19.9. The number of esters is 2. The first-order valence-corrected chi connectivity index (χ1v) is 35.6. The summed E-state index contributed by atoms with van der Waals surface area (Å²) in [7, 11) is -8.48. The first kappa shape index (κ1) is 69.2. The van der Waals surface area contributed by atoms with E-state index < -0.39 is 47.1 Å². The van der Waals surface area contributed by atoms with Crippen LogP contribution in [0.2, 0.25) is 10.1 Å². The fraction of sp³-hybridized carbons (Fsp3) is 0.574. The molecule has 448 valence electrons. The van der Waals surface area contributed by atoms with Crippen LogP contribution in [0, 0.1) is 11.8 Å². The highest BCUT2D eigenvalue weighted by Crippen LogP contribution is 2.55. The zero-order valence-corrected chi connectivity index (χ0v) is 55.4. The molecule has 10 nitrogen and oxygen atoms in total. The second kappa shape index (κ2) is 31.6. The highest BCUT2D eigenvalue weighted by Gasteiger charge is 2.53. The Hall–Kier alpha value is -4.27. The van der Waals surface area contributed by atoms with Crippen molar-refractivity contribution in [1.82, 2.24) is 0 Å². The molecular weight excluding hydrogens is 1060 g/mol. The summed E-state index contributed by atoms with van der Waals surface area (Å²) in [4.78, 5) is 35.7. The van der Waals surface area contributed by atoms with Crippen LogP contribution in [0.1, 0.15) is 188 Å². The van der Waals surface area contributed by atoms with Crippen molar-refractivity contribution < 1.29 is 46.3 Å². The highest BCUT2D eigenvalue weighted by atomic mass is 31.2. The second-order valence-corrected chi connectivity index (χ2v) is 36.7. The minimum atomic E-state index is -3.45. The zero-order chi connectivity index (χ0) is 60.1. The van der Waals surface area contributed by atoms with E-state index in [1.165, 1.54) is 27.2 Å². The number of aldehydes is 1. The van der Waals surface area contributed by atoms with Crippen LogP contribution in [0.4, 0.5) is 0 Å². The Kier molecular flexibility index (Phi) is 27.0. The number of hydrogen-bond acceptors (Lipinski definition) is 10. The largest absolute Gasteiger partial charge is 0.459 e. The second-order valence-electron chi connectivity index (χ2n) is 25.9. The Labute approximate surface area is 492 Å². The average Bonchev–Trinajstić information content (AvgIpc) is 3.57. The molecule has 0 radical (unpaired) electrons. The number of ether oxygens (including phenoxy) is 2. The van der Waals surface area contributed by atoms with E-state index in [9.17, 15) is 18.9 Å². The molecule has 5 atom stereocenters. The van der Waals surface area contributed by atoms with Crippen molar-refractivity contribution in [3.8, 4) is 0 Å². The van der Waals surface area contributed by atoms with Crippen LogP contribution in [-0.4, -0.2) is 77.1 Å². The van der Waals surface area contributed by atoms with E-state index in [0.29, 0.717) is 31.1 Å². The SMILES string of the molecule is CC(C)(C)[Si](OC1CCCC(CC=O)C1)(c1ccccc1)c1ccccc1.CCC(=CCC1CCCC(O[Si](c2ccccc2)(c2ccccc2)C(C)(C)C)C1)C(=O)OC(C)(C)C.CCOP(=O)(OCC)C(CC)C(=O)OC(C)(C)C. The van der Waals surface area contributed by atoms with Crippen LogP contribution in [-0.2, 0) is 46.3 Å². The minimum absolute atomic E-state index is 0.00725. The third-order valence-electron chi connectivity index (χ3n) is 15.2. The summed E-state index contributed by atoms with van der Waals surface area (Å²) in [5, 5.41) is 5.33. The van der Waals surface area contributed by atoms with Gasteiger partial charge in [0.05, 0.1) is 13.2 Å². The standard InChI is InChI=1S/C32H46O3Si.C24H32O2Si.C12H25O5P/c1-8-26(30(33)34-31(2,3)4)23-22-25-16-15-17-27(24-25)35-36(32(5,6)7,28-18-11-9-12-19-28)29-20-13-10-14-21-29;1-24(2,3)27(22-13-6-4-7-14-22,23-15-8-5-9-16-23)26-21-12-10-11-20(19-21)17-18-25;1-7-10(11(13)17-12(4,5)6)18(14,15-8-2)16-9-3/h9-14,18-21,23,25,27H,8,15-17,22,24H2,1-7H3;4-9,13-16,18,20-21H,10-12,17,19H2,1-3H3;10H,7-9H2,1-6H3. The first-order chi connectivity index (χ1) is 38.1. The molecule has 0 aromatic heterocycles. The Morgan fingerprint density at radius 2 is 0.901 bits per heavy atom. The molecule has 0 aliphatic heterocycles. The van der Waals surface area contributed by atoms with Crippen molar-refractivity contribution in [3.63, 3.8) is 0 Å². The van der Waals surface area contributed by atoms with E-state index in [2.05, 4.69) is 169 Å². The van der Waals surface area contributed by atoms with E-state index in [4.69, 9.17) is 27.4 Å². The van der Waals surface area contributed by atoms with E-state index in [-0.39, 0.29) is 41.5 Å². The van der Waals surface area contributed by atoms with E-state index in [1.54, 1.807) is 41.5 Å².